The normalized spacial score (nSPS) is 15.5. The number of hydrogen-bond acceptors (Lipinski definition) is 7. The number of nitrogens with one attached hydrogen (secondary N) is 1. The number of para-hydroxylation sites is 1. The van der Waals surface area contributed by atoms with Gasteiger partial charge in [-0.3, -0.25) is 9.69 Å². The van der Waals surface area contributed by atoms with Crippen molar-refractivity contribution in [3.05, 3.63) is 46.8 Å². The average Bonchev–Trinajstić information content (AvgIpc) is 3.26. The molecule has 1 aliphatic rings. The van der Waals surface area contributed by atoms with E-state index >= 15 is 0 Å². The average molecular weight is 469 g/mol. The number of carbonyl (C=O) groups excluding carboxylic acids is 1. The van der Waals surface area contributed by atoms with Crippen LogP contribution in [-0.2, 0) is 11.2 Å². The maximum Gasteiger partial charge on any atom is 0.253 e. The molecule has 0 spiro atoms. The number of methoxy groups -OCH3 is 1. The van der Waals surface area contributed by atoms with Crippen LogP contribution in [0.3, 0.4) is 0 Å². The molecule has 3 heterocycles. The SMILES string of the molecule is COc1ccccc1C(CNC(=O)Cc1c(C)nc2nc(SC)nn2c1C)N1CCCCC1. The summed E-state index contributed by atoms with van der Waals surface area (Å²) in [5.74, 6) is 1.41. The van der Waals surface area contributed by atoms with E-state index in [2.05, 4.69) is 31.3 Å². The number of hydrogen-bond donors (Lipinski definition) is 1. The predicted molar refractivity (Wildman–Crippen MR) is 130 cm³/mol. The minimum atomic E-state index is -0.0236. The molecule has 2 aromatic heterocycles. The summed E-state index contributed by atoms with van der Waals surface area (Å²) in [6.45, 7) is 6.48. The summed E-state index contributed by atoms with van der Waals surface area (Å²) in [5.41, 5.74) is 3.72. The number of aromatic nitrogens is 4. The number of carbonyl (C=O) groups is 1. The fraction of sp³-hybridized carbons (Fsp3) is 0.500. The molecule has 0 aliphatic carbocycles. The number of nitrogens with zero attached hydrogens (tertiary/aromatic N) is 5. The number of likely N-dealkylation sites (tertiary alicyclic amines) is 1. The van der Waals surface area contributed by atoms with Gasteiger partial charge >= 0.3 is 0 Å². The first-order valence-corrected chi connectivity index (χ1v) is 12.6. The molecule has 1 unspecified atom stereocenters. The first-order chi connectivity index (χ1) is 16.0. The van der Waals surface area contributed by atoms with Crippen molar-refractivity contribution < 1.29 is 9.53 Å². The summed E-state index contributed by atoms with van der Waals surface area (Å²) in [6.07, 6.45) is 5.81. The molecule has 9 heteroatoms. The van der Waals surface area contributed by atoms with Crippen LogP contribution < -0.4 is 10.1 Å². The van der Waals surface area contributed by atoms with Crippen LogP contribution in [0.2, 0.25) is 0 Å². The van der Waals surface area contributed by atoms with Gasteiger partial charge in [0.05, 0.1) is 19.6 Å². The molecule has 33 heavy (non-hydrogen) atoms. The maximum absolute atomic E-state index is 13.0. The summed E-state index contributed by atoms with van der Waals surface area (Å²) >= 11 is 1.48. The molecule has 0 bridgehead atoms. The fourth-order valence-electron chi connectivity index (χ4n) is 4.57. The Balaban J connectivity index is 1.52. The van der Waals surface area contributed by atoms with Crippen LogP contribution in [0.5, 0.6) is 5.75 Å². The zero-order valence-corrected chi connectivity index (χ0v) is 20.6. The van der Waals surface area contributed by atoms with E-state index in [4.69, 9.17) is 4.74 Å². The van der Waals surface area contributed by atoms with Gasteiger partial charge in [-0.15, -0.1) is 5.10 Å². The lowest BCUT2D eigenvalue weighted by atomic mass is 10.00. The van der Waals surface area contributed by atoms with Crippen LogP contribution in [0.4, 0.5) is 0 Å². The quantitative estimate of drug-likeness (QED) is 0.508. The molecule has 1 aliphatic heterocycles. The second kappa shape index (κ2) is 10.5. The molecule has 1 atom stereocenters. The van der Waals surface area contributed by atoms with Gasteiger partial charge in [0.25, 0.3) is 5.78 Å². The zero-order chi connectivity index (χ0) is 23.4. The Morgan fingerprint density at radius 2 is 1.94 bits per heavy atom. The highest BCUT2D eigenvalue weighted by Crippen LogP contribution is 2.31. The van der Waals surface area contributed by atoms with Gasteiger partial charge in [-0.25, -0.2) is 9.50 Å². The van der Waals surface area contributed by atoms with Crippen LogP contribution in [0.15, 0.2) is 29.4 Å². The molecule has 0 radical (unpaired) electrons. The van der Waals surface area contributed by atoms with Crippen molar-refractivity contribution in [2.24, 2.45) is 0 Å². The first-order valence-electron chi connectivity index (χ1n) is 11.4. The second-order valence-electron chi connectivity index (χ2n) is 8.41. The number of piperidine rings is 1. The van der Waals surface area contributed by atoms with Crippen molar-refractivity contribution >= 4 is 23.4 Å². The summed E-state index contributed by atoms with van der Waals surface area (Å²) in [7, 11) is 1.70. The molecule has 4 rings (SSSR count). The number of rotatable bonds is 8. The maximum atomic E-state index is 13.0. The van der Waals surface area contributed by atoms with E-state index in [1.54, 1.807) is 11.6 Å². The smallest absolute Gasteiger partial charge is 0.253 e. The van der Waals surface area contributed by atoms with Gasteiger partial charge in [0, 0.05) is 29.1 Å². The van der Waals surface area contributed by atoms with Crippen molar-refractivity contribution in [2.45, 2.75) is 50.7 Å². The van der Waals surface area contributed by atoms with E-state index in [-0.39, 0.29) is 18.4 Å². The topological polar surface area (TPSA) is 84.6 Å². The highest BCUT2D eigenvalue weighted by Gasteiger charge is 2.25. The van der Waals surface area contributed by atoms with E-state index in [0.29, 0.717) is 17.5 Å². The molecule has 1 saturated heterocycles. The Kier molecular flexibility index (Phi) is 7.49. The highest BCUT2D eigenvalue weighted by atomic mass is 32.2. The van der Waals surface area contributed by atoms with Crippen LogP contribution in [0, 0.1) is 13.8 Å². The van der Waals surface area contributed by atoms with Crippen molar-refractivity contribution in [3.8, 4) is 5.75 Å². The van der Waals surface area contributed by atoms with Gasteiger partial charge in [0.15, 0.2) is 0 Å². The zero-order valence-electron chi connectivity index (χ0n) is 19.8. The van der Waals surface area contributed by atoms with Crippen molar-refractivity contribution in [1.29, 1.82) is 0 Å². The summed E-state index contributed by atoms with van der Waals surface area (Å²) in [5, 5.41) is 8.35. The van der Waals surface area contributed by atoms with Crippen LogP contribution in [-0.4, -0.2) is 63.4 Å². The number of aryl methyl sites for hydroxylation is 2. The van der Waals surface area contributed by atoms with Gasteiger partial charge in [0.2, 0.25) is 11.1 Å². The molecule has 0 saturated carbocycles. The number of benzene rings is 1. The molecular weight excluding hydrogens is 436 g/mol. The lowest BCUT2D eigenvalue weighted by Gasteiger charge is -2.35. The highest BCUT2D eigenvalue weighted by molar-refractivity contribution is 7.98. The molecule has 8 nitrogen and oxygen atoms in total. The summed E-state index contributed by atoms with van der Waals surface area (Å²) in [6, 6.07) is 8.18. The molecule has 1 N–H and O–H groups in total. The number of thioether (sulfide) groups is 1. The summed E-state index contributed by atoms with van der Waals surface area (Å²) < 4.78 is 7.37. The number of ether oxygens (including phenoxy) is 1. The van der Waals surface area contributed by atoms with Crippen LogP contribution >= 0.6 is 11.8 Å². The molecule has 1 aromatic carbocycles. The van der Waals surface area contributed by atoms with Crippen molar-refractivity contribution in [2.75, 3.05) is 33.0 Å². The third-order valence-corrected chi connectivity index (χ3v) is 6.91. The Morgan fingerprint density at radius 1 is 1.18 bits per heavy atom. The van der Waals surface area contributed by atoms with Gasteiger partial charge < -0.3 is 10.1 Å². The van der Waals surface area contributed by atoms with E-state index in [1.165, 1.54) is 31.0 Å². The fourth-order valence-corrected chi connectivity index (χ4v) is 4.91. The van der Waals surface area contributed by atoms with Crippen molar-refractivity contribution in [3.63, 3.8) is 0 Å². The largest absolute Gasteiger partial charge is 0.496 e. The van der Waals surface area contributed by atoms with Gasteiger partial charge in [-0.05, 0) is 52.1 Å². The number of fused-ring (bicyclic) bond motifs is 1. The lowest BCUT2D eigenvalue weighted by molar-refractivity contribution is -0.120. The van der Waals surface area contributed by atoms with Crippen LogP contribution in [0.25, 0.3) is 5.78 Å². The van der Waals surface area contributed by atoms with E-state index < -0.39 is 0 Å². The molecule has 1 fully saturated rings. The van der Waals surface area contributed by atoms with Gasteiger partial charge in [-0.2, -0.15) is 4.98 Å². The Bertz CT molecular complexity index is 1130. The van der Waals surface area contributed by atoms with Gasteiger partial charge in [0.1, 0.15) is 5.75 Å². The summed E-state index contributed by atoms with van der Waals surface area (Å²) in [4.78, 5) is 24.5. The third kappa shape index (κ3) is 5.14. The molecule has 1 amide bonds. The minimum absolute atomic E-state index is 0.0236. The van der Waals surface area contributed by atoms with E-state index in [1.807, 2.05) is 38.3 Å². The van der Waals surface area contributed by atoms with Crippen LogP contribution in [0.1, 0.15) is 47.8 Å². The van der Waals surface area contributed by atoms with E-state index in [0.717, 1.165) is 41.4 Å². The predicted octanol–water partition coefficient (Wildman–Crippen LogP) is 3.36. The number of amides is 1. The standard InChI is InChI=1S/C24H32N6O2S/c1-16-19(17(2)30-23(26-16)27-24(28-30)33-4)14-22(31)25-15-20(29-12-8-5-9-13-29)18-10-6-7-11-21(18)32-3/h6-7,10-11,20H,5,8-9,12-15H2,1-4H3,(H,25,31). The first kappa shape index (κ1) is 23.5. The Morgan fingerprint density at radius 3 is 2.67 bits per heavy atom. The third-order valence-electron chi connectivity index (χ3n) is 6.37. The van der Waals surface area contributed by atoms with Gasteiger partial charge in [-0.1, -0.05) is 36.4 Å². The lowest BCUT2D eigenvalue weighted by Crippen LogP contribution is -2.41. The Hall–Kier alpha value is -2.65. The minimum Gasteiger partial charge on any atom is -0.496 e. The van der Waals surface area contributed by atoms with Crippen molar-refractivity contribution in [1.82, 2.24) is 29.8 Å². The van der Waals surface area contributed by atoms with E-state index in [9.17, 15) is 4.79 Å². The molecule has 176 valence electrons. The monoisotopic (exact) mass is 468 g/mol. The molecular formula is C24H32N6O2S. The molecule has 3 aromatic rings. The Labute approximate surface area is 199 Å². The second-order valence-corrected chi connectivity index (χ2v) is 9.18.